The van der Waals surface area contributed by atoms with Gasteiger partial charge in [-0.2, -0.15) is 0 Å². The molecule has 0 aliphatic heterocycles. The van der Waals surface area contributed by atoms with Crippen molar-refractivity contribution in [1.82, 2.24) is 9.97 Å². The van der Waals surface area contributed by atoms with Gasteiger partial charge in [-0.1, -0.05) is 0 Å². The summed E-state index contributed by atoms with van der Waals surface area (Å²) in [5.74, 6) is -1.57. The standard InChI is InChI=1S/C10H8F2N2O/c1-2-15-10-5-13-8-3-6(11)7(12)4-9(8)14-10/h3-5H,2H2,1H3. The third kappa shape index (κ3) is 1.86. The zero-order valence-corrected chi connectivity index (χ0v) is 8.00. The van der Waals surface area contributed by atoms with Crippen LogP contribution in [0.5, 0.6) is 5.88 Å². The Morgan fingerprint density at radius 2 is 1.87 bits per heavy atom. The molecule has 2 aromatic rings. The van der Waals surface area contributed by atoms with Crippen LogP contribution in [-0.4, -0.2) is 16.6 Å². The lowest BCUT2D eigenvalue weighted by Gasteiger charge is -2.02. The molecule has 0 unspecified atom stereocenters. The van der Waals surface area contributed by atoms with Crippen molar-refractivity contribution in [3.63, 3.8) is 0 Å². The number of fused-ring (bicyclic) bond motifs is 1. The van der Waals surface area contributed by atoms with E-state index in [4.69, 9.17) is 4.74 Å². The second-order valence-electron chi connectivity index (χ2n) is 2.90. The molecule has 15 heavy (non-hydrogen) atoms. The van der Waals surface area contributed by atoms with Gasteiger partial charge in [0.1, 0.15) is 0 Å². The van der Waals surface area contributed by atoms with Crippen LogP contribution in [0.15, 0.2) is 18.3 Å². The summed E-state index contributed by atoms with van der Waals surface area (Å²) < 4.78 is 30.8. The quantitative estimate of drug-likeness (QED) is 0.762. The molecule has 1 heterocycles. The van der Waals surface area contributed by atoms with Crippen LogP contribution in [0.4, 0.5) is 8.78 Å². The highest BCUT2D eigenvalue weighted by Crippen LogP contribution is 2.17. The van der Waals surface area contributed by atoms with E-state index in [-0.39, 0.29) is 5.52 Å². The first-order chi connectivity index (χ1) is 7.20. The van der Waals surface area contributed by atoms with E-state index in [1.54, 1.807) is 6.92 Å². The minimum atomic E-state index is -0.939. The zero-order chi connectivity index (χ0) is 10.8. The van der Waals surface area contributed by atoms with E-state index in [1.165, 1.54) is 6.20 Å². The highest BCUT2D eigenvalue weighted by atomic mass is 19.2. The van der Waals surface area contributed by atoms with E-state index < -0.39 is 11.6 Å². The topological polar surface area (TPSA) is 35.0 Å². The Hall–Kier alpha value is -1.78. The van der Waals surface area contributed by atoms with E-state index in [0.29, 0.717) is 18.0 Å². The van der Waals surface area contributed by atoms with Crippen LogP contribution in [0.1, 0.15) is 6.92 Å². The van der Waals surface area contributed by atoms with Crippen molar-refractivity contribution >= 4 is 11.0 Å². The smallest absolute Gasteiger partial charge is 0.232 e. The lowest BCUT2D eigenvalue weighted by atomic mass is 10.3. The van der Waals surface area contributed by atoms with E-state index in [9.17, 15) is 8.78 Å². The van der Waals surface area contributed by atoms with Crippen molar-refractivity contribution in [2.45, 2.75) is 6.92 Å². The summed E-state index contributed by atoms with van der Waals surface area (Å²) in [4.78, 5) is 7.88. The second-order valence-corrected chi connectivity index (χ2v) is 2.90. The molecular formula is C10H8F2N2O. The molecule has 1 aromatic heterocycles. The average molecular weight is 210 g/mol. The van der Waals surface area contributed by atoms with Gasteiger partial charge >= 0.3 is 0 Å². The molecule has 0 atom stereocenters. The van der Waals surface area contributed by atoms with Crippen molar-refractivity contribution in [2.75, 3.05) is 6.61 Å². The third-order valence-electron chi connectivity index (χ3n) is 1.85. The maximum atomic E-state index is 12.9. The number of hydrogen-bond donors (Lipinski definition) is 0. The minimum Gasteiger partial charge on any atom is -0.477 e. The Morgan fingerprint density at radius 1 is 1.20 bits per heavy atom. The molecule has 0 N–H and O–H groups in total. The van der Waals surface area contributed by atoms with Gasteiger partial charge in [-0.25, -0.2) is 18.7 Å². The van der Waals surface area contributed by atoms with Crippen molar-refractivity contribution in [3.8, 4) is 5.88 Å². The largest absolute Gasteiger partial charge is 0.477 e. The first kappa shape index (κ1) is 9.76. The lowest BCUT2D eigenvalue weighted by Crippen LogP contribution is -1.96. The van der Waals surface area contributed by atoms with Crippen LogP contribution in [0.25, 0.3) is 11.0 Å². The van der Waals surface area contributed by atoms with Gasteiger partial charge in [-0.05, 0) is 6.92 Å². The summed E-state index contributed by atoms with van der Waals surface area (Å²) in [6.45, 7) is 2.25. The van der Waals surface area contributed by atoms with Gasteiger partial charge in [-0.3, -0.25) is 0 Å². The number of hydrogen-bond acceptors (Lipinski definition) is 3. The molecule has 0 radical (unpaired) electrons. The van der Waals surface area contributed by atoms with Gasteiger partial charge in [0.05, 0.1) is 23.8 Å². The number of halogens is 2. The van der Waals surface area contributed by atoms with Crippen LogP contribution in [0.2, 0.25) is 0 Å². The predicted molar refractivity (Wildman–Crippen MR) is 50.6 cm³/mol. The van der Waals surface area contributed by atoms with Gasteiger partial charge in [0.2, 0.25) is 5.88 Å². The fraction of sp³-hybridized carbons (Fsp3) is 0.200. The van der Waals surface area contributed by atoms with Crippen molar-refractivity contribution in [2.24, 2.45) is 0 Å². The Labute approximate surface area is 84.7 Å². The molecule has 0 spiro atoms. The first-order valence-corrected chi connectivity index (χ1v) is 4.45. The molecule has 78 valence electrons. The second kappa shape index (κ2) is 3.76. The van der Waals surface area contributed by atoms with Crippen LogP contribution < -0.4 is 4.74 Å². The molecule has 0 bridgehead atoms. The Bertz CT molecular complexity index is 502. The predicted octanol–water partition coefficient (Wildman–Crippen LogP) is 2.31. The van der Waals surface area contributed by atoms with E-state index in [0.717, 1.165) is 12.1 Å². The summed E-state index contributed by atoms with van der Waals surface area (Å²) in [6.07, 6.45) is 1.38. The summed E-state index contributed by atoms with van der Waals surface area (Å²) >= 11 is 0. The Balaban J connectivity index is 2.56. The molecular weight excluding hydrogens is 202 g/mol. The van der Waals surface area contributed by atoms with E-state index in [1.807, 2.05) is 0 Å². The Kier molecular flexibility index (Phi) is 2.45. The maximum Gasteiger partial charge on any atom is 0.232 e. The molecule has 1 aromatic carbocycles. The number of rotatable bonds is 2. The first-order valence-electron chi connectivity index (χ1n) is 4.45. The molecule has 2 rings (SSSR count). The fourth-order valence-corrected chi connectivity index (χ4v) is 1.21. The number of benzene rings is 1. The Morgan fingerprint density at radius 3 is 2.53 bits per heavy atom. The monoisotopic (exact) mass is 210 g/mol. The molecule has 0 fully saturated rings. The molecule has 0 aliphatic rings. The molecule has 0 amide bonds. The number of ether oxygens (including phenoxy) is 1. The van der Waals surface area contributed by atoms with E-state index >= 15 is 0 Å². The average Bonchev–Trinajstić information content (AvgIpc) is 2.21. The van der Waals surface area contributed by atoms with Gasteiger partial charge < -0.3 is 4.74 Å². The van der Waals surface area contributed by atoms with Crippen LogP contribution >= 0.6 is 0 Å². The maximum absolute atomic E-state index is 12.9. The van der Waals surface area contributed by atoms with Crippen LogP contribution in [-0.2, 0) is 0 Å². The fourth-order valence-electron chi connectivity index (χ4n) is 1.21. The highest BCUT2D eigenvalue weighted by Gasteiger charge is 2.06. The zero-order valence-electron chi connectivity index (χ0n) is 8.00. The van der Waals surface area contributed by atoms with Gasteiger partial charge in [0.25, 0.3) is 0 Å². The third-order valence-corrected chi connectivity index (χ3v) is 1.85. The molecule has 3 nitrogen and oxygen atoms in total. The SMILES string of the molecule is CCOc1cnc2cc(F)c(F)cc2n1. The lowest BCUT2D eigenvalue weighted by molar-refractivity contribution is 0.326. The highest BCUT2D eigenvalue weighted by molar-refractivity contribution is 5.74. The summed E-state index contributed by atoms with van der Waals surface area (Å²) in [6, 6.07) is 2.01. The van der Waals surface area contributed by atoms with Gasteiger partial charge in [0.15, 0.2) is 11.6 Å². The summed E-state index contributed by atoms with van der Waals surface area (Å²) in [5, 5.41) is 0. The molecule has 0 saturated heterocycles. The minimum absolute atomic E-state index is 0.278. The van der Waals surface area contributed by atoms with Gasteiger partial charge in [-0.15, -0.1) is 0 Å². The van der Waals surface area contributed by atoms with E-state index in [2.05, 4.69) is 9.97 Å². The van der Waals surface area contributed by atoms with Crippen LogP contribution in [0.3, 0.4) is 0 Å². The summed E-state index contributed by atoms with van der Waals surface area (Å²) in [7, 11) is 0. The van der Waals surface area contributed by atoms with Crippen molar-refractivity contribution in [1.29, 1.82) is 0 Å². The van der Waals surface area contributed by atoms with Crippen molar-refractivity contribution < 1.29 is 13.5 Å². The summed E-state index contributed by atoms with van der Waals surface area (Å²) in [5.41, 5.74) is 0.581. The molecule has 0 aliphatic carbocycles. The van der Waals surface area contributed by atoms with Crippen LogP contribution in [0, 0.1) is 11.6 Å². The molecule has 0 saturated carbocycles. The van der Waals surface area contributed by atoms with Gasteiger partial charge in [0, 0.05) is 12.1 Å². The number of nitrogens with zero attached hydrogens (tertiary/aromatic N) is 2. The van der Waals surface area contributed by atoms with Crippen molar-refractivity contribution in [3.05, 3.63) is 30.0 Å². The number of aromatic nitrogens is 2. The molecule has 5 heteroatoms. The normalized spacial score (nSPS) is 10.6.